The molecule has 0 spiro atoms. The largest absolute Gasteiger partial charge is 0.384 e. The minimum Gasteiger partial charge on any atom is -0.384 e. The van der Waals surface area contributed by atoms with Gasteiger partial charge in [-0.05, 0) is 43.5 Å². The number of anilines is 1. The van der Waals surface area contributed by atoms with Gasteiger partial charge in [-0.15, -0.1) is 0 Å². The molecular weight excluding hydrogens is 196 g/mol. The number of nitrogens with one attached hydrogen (secondary N) is 1. The molecule has 3 rings (SSSR count). The molecule has 0 atom stereocenters. The van der Waals surface area contributed by atoms with Gasteiger partial charge >= 0.3 is 0 Å². The highest BCUT2D eigenvalue weighted by Crippen LogP contribution is 2.27. The van der Waals surface area contributed by atoms with Crippen molar-refractivity contribution in [2.75, 3.05) is 18.9 Å². The van der Waals surface area contributed by atoms with Gasteiger partial charge < -0.3 is 5.32 Å². The van der Waals surface area contributed by atoms with Crippen LogP contribution in [0, 0.1) is 0 Å². The van der Waals surface area contributed by atoms with E-state index < -0.39 is 0 Å². The Kier molecular flexibility index (Phi) is 2.60. The van der Waals surface area contributed by atoms with Crippen molar-refractivity contribution in [1.29, 1.82) is 0 Å². The van der Waals surface area contributed by atoms with Crippen LogP contribution < -0.4 is 5.32 Å². The molecule has 0 amide bonds. The van der Waals surface area contributed by atoms with Gasteiger partial charge in [-0.2, -0.15) is 0 Å². The van der Waals surface area contributed by atoms with Crippen molar-refractivity contribution in [3.8, 4) is 0 Å². The van der Waals surface area contributed by atoms with E-state index in [2.05, 4.69) is 35.5 Å². The van der Waals surface area contributed by atoms with E-state index >= 15 is 0 Å². The Hall–Kier alpha value is -1.02. The lowest BCUT2D eigenvalue weighted by atomic mass is 9.91. The highest BCUT2D eigenvalue weighted by Gasteiger charge is 2.22. The highest BCUT2D eigenvalue weighted by molar-refractivity contribution is 5.56. The van der Waals surface area contributed by atoms with Crippen molar-refractivity contribution < 1.29 is 0 Å². The van der Waals surface area contributed by atoms with Gasteiger partial charge in [0.25, 0.3) is 0 Å². The minimum atomic E-state index is 0.839. The molecule has 0 saturated heterocycles. The second-order valence-electron chi connectivity index (χ2n) is 5.17. The highest BCUT2D eigenvalue weighted by atomic mass is 15.1. The smallest absolute Gasteiger partial charge is 0.0373 e. The summed E-state index contributed by atoms with van der Waals surface area (Å²) in [5, 5.41) is 3.41. The van der Waals surface area contributed by atoms with Crippen LogP contribution in [-0.2, 0) is 13.0 Å². The Morgan fingerprint density at radius 2 is 2.25 bits per heavy atom. The molecule has 1 aliphatic heterocycles. The maximum Gasteiger partial charge on any atom is 0.0373 e. The van der Waals surface area contributed by atoms with Crippen molar-refractivity contribution in [1.82, 2.24) is 4.90 Å². The van der Waals surface area contributed by atoms with Crippen LogP contribution in [0.5, 0.6) is 0 Å². The van der Waals surface area contributed by atoms with Crippen LogP contribution in [0.4, 0.5) is 5.69 Å². The molecule has 0 aromatic heterocycles. The monoisotopic (exact) mass is 216 g/mol. The molecule has 2 nitrogen and oxygen atoms in total. The van der Waals surface area contributed by atoms with Crippen LogP contribution in [0.15, 0.2) is 18.2 Å². The first kappa shape index (κ1) is 10.2. The molecular formula is C14H20N2. The van der Waals surface area contributed by atoms with Crippen LogP contribution in [0.1, 0.15) is 30.4 Å². The molecule has 0 radical (unpaired) electrons. The molecule has 0 unspecified atom stereocenters. The zero-order valence-electron chi connectivity index (χ0n) is 10.00. The average Bonchev–Trinajstić information content (AvgIpc) is 2.61. The maximum atomic E-state index is 3.41. The third-order valence-corrected chi connectivity index (χ3v) is 4.01. The fraction of sp³-hybridized carbons (Fsp3) is 0.571. The van der Waals surface area contributed by atoms with E-state index in [9.17, 15) is 0 Å². The molecule has 2 aliphatic rings. The summed E-state index contributed by atoms with van der Waals surface area (Å²) in [6, 6.07) is 7.73. The van der Waals surface area contributed by atoms with Crippen LogP contribution in [-0.4, -0.2) is 24.5 Å². The zero-order chi connectivity index (χ0) is 11.0. The van der Waals surface area contributed by atoms with Crippen LogP contribution in [0.2, 0.25) is 0 Å². The SMILES string of the molecule is CN(Cc1ccc2c(c1)CCN2)C1CCC1. The van der Waals surface area contributed by atoms with E-state index in [0.29, 0.717) is 0 Å². The van der Waals surface area contributed by atoms with E-state index in [4.69, 9.17) is 0 Å². The second kappa shape index (κ2) is 4.10. The molecule has 2 heteroatoms. The number of hydrogen-bond acceptors (Lipinski definition) is 2. The van der Waals surface area contributed by atoms with E-state index in [0.717, 1.165) is 19.1 Å². The summed E-state index contributed by atoms with van der Waals surface area (Å²) >= 11 is 0. The molecule has 1 aromatic rings. The van der Waals surface area contributed by atoms with E-state index in [1.165, 1.54) is 42.5 Å². The van der Waals surface area contributed by atoms with Crippen LogP contribution in [0.3, 0.4) is 0 Å². The number of rotatable bonds is 3. The van der Waals surface area contributed by atoms with Gasteiger partial charge in [-0.25, -0.2) is 0 Å². The molecule has 86 valence electrons. The van der Waals surface area contributed by atoms with E-state index in [-0.39, 0.29) is 0 Å². The number of nitrogens with zero attached hydrogens (tertiary/aromatic N) is 1. The second-order valence-corrected chi connectivity index (χ2v) is 5.17. The molecule has 0 bridgehead atoms. The fourth-order valence-electron chi connectivity index (χ4n) is 2.70. The molecule has 1 N–H and O–H groups in total. The normalized spacial score (nSPS) is 19.4. The maximum absolute atomic E-state index is 3.41. The molecule has 1 heterocycles. The third-order valence-electron chi connectivity index (χ3n) is 4.01. The Morgan fingerprint density at radius 1 is 1.38 bits per heavy atom. The van der Waals surface area contributed by atoms with Gasteiger partial charge in [0, 0.05) is 24.8 Å². The minimum absolute atomic E-state index is 0.839. The third kappa shape index (κ3) is 1.82. The zero-order valence-corrected chi connectivity index (χ0v) is 10.00. The molecule has 1 saturated carbocycles. The van der Waals surface area contributed by atoms with Crippen molar-refractivity contribution in [3.63, 3.8) is 0 Å². The van der Waals surface area contributed by atoms with Crippen molar-refractivity contribution in [3.05, 3.63) is 29.3 Å². The Balaban J connectivity index is 1.69. The Bertz CT molecular complexity index is 382. The predicted octanol–water partition coefficient (Wildman–Crippen LogP) is 2.64. The van der Waals surface area contributed by atoms with Gasteiger partial charge in [0.2, 0.25) is 0 Å². The lowest BCUT2D eigenvalue weighted by Gasteiger charge is -2.34. The topological polar surface area (TPSA) is 15.3 Å². The summed E-state index contributed by atoms with van der Waals surface area (Å²) in [7, 11) is 2.26. The van der Waals surface area contributed by atoms with Gasteiger partial charge in [-0.3, -0.25) is 4.90 Å². The first-order chi connectivity index (χ1) is 7.83. The summed E-state index contributed by atoms with van der Waals surface area (Å²) in [5.41, 5.74) is 4.31. The number of benzene rings is 1. The van der Waals surface area contributed by atoms with E-state index in [1.54, 1.807) is 0 Å². The Morgan fingerprint density at radius 3 is 3.00 bits per heavy atom. The predicted molar refractivity (Wildman–Crippen MR) is 67.7 cm³/mol. The van der Waals surface area contributed by atoms with Crippen molar-refractivity contribution >= 4 is 5.69 Å². The molecule has 1 aliphatic carbocycles. The van der Waals surface area contributed by atoms with Gasteiger partial charge in [-0.1, -0.05) is 18.6 Å². The summed E-state index contributed by atoms with van der Waals surface area (Å²) in [4.78, 5) is 2.51. The van der Waals surface area contributed by atoms with Crippen LogP contribution in [0.25, 0.3) is 0 Å². The van der Waals surface area contributed by atoms with E-state index in [1.807, 2.05) is 0 Å². The van der Waals surface area contributed by atoms with Gasteiger partial charge in [0.1, 0.15) is 0 Å². The lowest BCUT2D eigenvalue weighted by molar-refractivity contribution is 0.152. The standard InChI is InChI=1S/C14H20N2/c1-16(13-3-2-4-13)10-11-5-6-14-12(9-11)7-8-15-14/h5-6,9,13,15H,2-4,7-8,10H2,1H3. The first-order valence-corrected chi connectivity index (χ1v) is 6.39. The summed E-state index contributed by atoms with van der Waals surface area (Å²) in [6.07, 6.45) is 5.39. The summed E-state index contributed by atoms with van der Waals surface area (Å²) in [5.74, 6) is 0. The van der Waals surface area contributed by atoms with Gasteiger partial charge in [0.15, 0.2) is 0 Å². The number of fused-ring (bicyclic) bond motifs is 1. The Labute approximate surface area is 97.6 Å². The van der Waals surface area contributed by atoms with Gasteiger partial charge in [0.05, 0.1) is 0 Å². The fourth-order valence-corrected chi connectivity index (χ4v) is 2.70. The molecule has 1 fully saturated rings. The number of hydrogen-bond donors (Lipinski definition) is 1. The summed E-state index contributed by atoms with van der Waals surface area (Å²) < 4.78 is 0. The van der Waals surface area contributed by atoms with Crippen LogP contribution >= 0.6 is 0 Å². The quantitative estimate of drug-likeness (QED) is 0.835. The van der Waals surface area contributed by atoms with Crippen molar-refractivity contribution in [2.45, 2.75) is 38.3 Å². The molecule has 1 aromatic carbocycles. The molecule has 16 heavy (non-hydrogen) atoms. The summed E-state index contributed by atoms with van der Waals surface area (Å²) in [6.45, 7) is 2.22. The average molecular weight is 216 g/mol. The first-order valence-electron chi connectivity index (χ1n) is 6.39. The van der Waals surface area contributed by atoms with Crippen molar-refractivity contribution in [2.24, 2.45) is 0 Å². The lowest BCUT2D eigenvalue weighted by Crippen LogP contribution is -2.36.